The van der Waals surface area contributed by atoms with Gasteiger partial charge in [-0.3, -0.25) is 4.79 Å². The molecule has 5 rings (SSSR count). The molecule has 6 nitrogen and oxygen atoms in total. The summed E-state index contributed by atoms with van der Waals surface area (Å²) in [4.78, 5) is 31.3. The van der Waals surface area contributed by atoms with Crippen molar-refractivity contribution in [1.29, 1.82) is 0 Å². The molecular weight excluding hydrogens is 460 g/mol. The fourth-order valence-corrected chi connectivity index (χ4v) is 4.81. The summed E-state index contributed by atoms with van der Waals surface area (Å²) >= 11 is 1.63. The van der Waals surface area contributed by atoms with Crippen molar-refractivity contribution in [3.8, 4) is 17.0 Å². The van der Waals surface area contributed by atoms with Gasteiger partial charge in [0.05, 0.1) is 35.1 Å². The predicted molar refractivity (Wildman–Crippen MR) is 136 cm³/mol. The molecule has 1 amide bonds. The van der Waals surface area contributed by atoms with Gasteiger partial charge in [0, 0.05) is 17.4 Å². The number of ether oxygens (including phenoxy) is 2. The third-order valence-corrected chi connectivity index (χ3v) is 6.60. The van der Waals surface area contributed by atoms with E-state index in [0.717, 1.165) is 28.2 Å². The maximum absolute atomic E-state index is 12.8. The molecule has 1 aromatic heterocycles. The van der Waals surface area contributed by atoms with Crippen LogP contribution in [0.2, 0.25) is 0 Å². The number of nitrogens with zero attached hydrogens (tertiary/aromatic N) is 2. The highest BCUT2D eigenvalue weighted by Crippen LogP contribution is 2.37. The lowest BCUT2D eigenvalue weighted by atomic mass is 10.1. The first-order valence-corrected chi connectivity index (χ1v) is 12.3. The minimum Gasteiger partial charge on any atom is -0.482 e. The van der Waals surface area contributed by atoms with Crippen LogP contribution in [0.4, 0.5) is 5.69 Å². The summed E-state index contributed by atoms with van der Waals surface area (Å²) in [6.07, 6.45) is 0.784. The molecule has 0 spiro atoms. The Morgan fingerprint density at radius 2 is 1.86 bits per heavy atom. The van der Waals surface area contributed by atoms with E-state index in [0.29, 0.717) is 30.2 Å². The quantitative estimate of drug-likeness (QED) is 0.324. The molecule has 0 N–H and O–H groups in total. The van der Waals surface area contributed by atoms with Crippen LogP contribution in [-0.4, -0.2) is 30.1 Å². The summed E-state index contributed by atoms with van der Waals surface area (Å²) in [5.74, 6) is 0.190. The molecule has 0 saturated heterocycles. The molecular formula is C28H24N2O4S. The van der Waals surface area contributed by atoms with Crippen LogP contribution in [0.25, 0.3) is 11.3 Å². The summed E-state index contributed by atoms with van der Waals surface area (Å²) < 4.78 is 10.7. The number of esters is 1. The molecule has 1 aliphatic rings. The molecule has 176 valence electrons. The van der Waals surface area contributed by atoms with E-state index < -0.39 is 0 Å². The Morgan fingerprint density at radius 1 is 1.06 bits per heavy atom. The van der Waals surface area contributed by atoms with Crippen LogP contribution in [0.5, 0.6) is 5.75 Å². The molecule has 35 heavy (non-hydrogen) atoms. The summed E-state index contributed by atoms with van der Waals surface area (Å²) in [5.41, 5.74) is 5.13. The fourth-order valence-electron chi connectivity index (χ4n) is 3.97. The van der Waals surface area contributed by atoms with Crippen molar-refractivity contribution in [3.63, 3.8) is 0 Å². The van der Waals surface area contributed by atoms with Crippen molar-refractivity contribution in [3.05, 3.63) is 99.9 Å². The number of amides is 1. The van der Waals surface area contributed by atoms with E-state index >= 15 is 0 Å². The molecule has 7 heteroatoms. The Bertz CT molecular complexity index is 1350. The summed E-state index contributed by atoms with van der Waals surface area (Å²) in [5, 5.41) is 3.08. The predicted octanol–water partition coefficient (Wildman–Crippen LogP) is 5.50. The van der Waals surface area contributed by atoms with E-state index in [9.17, 15) is 9.59 Å². The van der Waals surface area contributed by atoms with Crippen LogP contribution in [0.15, 0.2) is 78.2 Å². The minimum absolute atomic E-state index is 0.00875. The van der Waals surface area contributed by atoms with E-state index in [1.54, 1.807) is 35.3 Å². The highest BCUT2D eigenvalue weighted by molar-refractivity contribution is 7.10. The molecule has 0 unspecified atom stereocenters. The van der Waals surface area contributed by atoms with Crippen molar-refractivity contribution in [2.75, 3.05) is 18.1 Å². The van der Waals surface area contributed by atoms with E-state index in [1.165, 1.54) is 5.56 Å². The van der Waals surface area contributed by atoms with Gasteiger partial charge < -0.3 is 14.4 Å². The highest BCUT2D eigenvalue weighted by atomic mass is 32.1. The third kappa shape index (κ3) is 5.10. The van der Waals surface area contributed by atoms with Crippen LogP contribution in [0, 0.1) is 0 Å². The molecule has 0 fully saturated rings. The second kappa shape index (κ2) is 10.1. The highest BCUT2D eigenvalue weighted by Gasteiger charge is 2.26. The first-order chi connectivity index (χ1) is 17.1. The molecule has 4 aromatic rings. The van der Waals surface area contributed by atoms with Crippen LogP contribution in [0.1, 0.15) is 33.4 Å². The van der Waals surface area contributed by atoms with Gasteiger partial charge in [-0.15, -0.1) is 11.3 Å². The number of carbonyl (C=O) groups is 2. The van der Waals surface area contributed by atoms with Crippen molar-refractivity contribution in [2.24, 2.45) is 0 Å². The van der Waals surface area contributed by atoms with E-state index in [4.69, 9.17) is 14.5 Å². The van der Waals surface area contributed by atoms with Crippen molar-refractivity contribution in [1.82, 2.24) is 4.98 Å². The molecule has 0 radical (unpaired) electrons. The molecule has 0 bridgehead atoms. The van der Waals surface area contributed by atoms with Crippen molar-refractivity contribution in [2.45, 2.75) is 19.9 Å². The Hall–Kier alpha value is -3.97. The van der Waals surface area contributed by atoms with Gasteiger partial charge in [0.25, 0.3) is 5.91 Å². The lowest BCUT2D eigenvalue weighted by molar-refractivity contribution is -0.121. The molecule has 0 atom stereocenters. The number of aromatic nitrogens is 1. The number of thiazole rings is 1. The molecule has 0 aliphatic carbocycles. The summed E-state index contributed by atoms with van der Waals surface area (Å²) in [6, 6.07) is 23.2. The van der Waals surface area contributed by atoms with Crippen molar-refractivity contribution < 1.29 is 19.1 Å². The van der Waals surface area contributed by atoms with E-state index in [2.05, 4.69) is 12.1 Å². The number of fused-ring (bicyclic) bond motifs is 1. The van der Waals surface area contributed by atoms with Gasteiger partial charge in [0.2, 0.25) is 0 Å². The average molecular weight is 485 g/mol. The fraction of sp³-hybridized carbons (Fsp3) is 0.179. The third-order valence-electron chi connectivity index (χ3n) is 5.75. The van der Waals surface area contributed by atoms with Gasteiger partial charge in [-0.25, -0.2) is 9.78 Å². The average Bonchev–Trinajstić information content (AvgIpc) is 3.35. The lowest BCUT2D eigenvalue weighted by Gasteiger charge is -2.30. The van der Waals surface area contributed by atoms with E-state index in [1.807, 2.05) is 53.9 Å². The van der Waals surface area contributed by atoms with Crippen molar-refractivity contribution >= 4 is 28.9 Å². The number of rotatable bonds is 7. The molecule has 2 heterocycles. The van der Waals surface area contributed by atoms with Crippen LogP contribution in [-0.2, 0) is 22.5 Å². The van der Waals surface area contributed by atoms with Crippen LogP contribution >= 0.6 is 11.3 Å². The monoisotopic (exact) mass is 484 g/mol. The smallest absolute Gasteiger partial charge is 0.338 e. The topological polar surface area (TPSA) is 68.7 Å². The van der Waals surface area contributed by atoms with Crippen LogP contribution < -0.4 is 9.64 Å². The second-order valence-corrected chi connectivity index (χ2v) is 9.10. The minimum atomic E-state index is -0.355. The van der Waals surface area contributed by atoms with Gasteiger partial charge in [-0.05, 0) is 48.4 Å². The zero-order valence-corrected chi connectivity index (χ0v) is 20.1. The summed E-state index contributed by atoms with van der Waals surface area (Å²) in [6.45, 7) is 2.47. The van der Waals surface area contributed by atoms with Crippen LogP contribution in [0.3, 0.4) is 0 Å². The number of carbonyl (C=O) groups excluding carboxylic acids is 2. The maximum Gasteiger partial charge on any atom is 0.338 e. The first-order valence-electron chi connectivity index (χ1n) is 11.4. The van der Waals surface area contributed by atoms with Gasteiger partial charge in [0.1, 0.15) is 5.75 Å². The molecule has 3 aromatic carbocycles. The number of hydrogen-bond acceptors (Lipinski definition) is 6. The molecule has 0 saturated carbocycles. The second-order valence-electron chi connectivity index (χ2n) is 8.16. The van der Waals surface area contributed by atoms with E-state index in [-0.39, 0.29) is 18.5 Å². The SMILES string of the molecule is CCOC(=O)c1ccc(CN2C(=O)COc3ccc(-c4csc(Cc5ccccc5)n4)cc32)cc1. The Kier molecular flexibility index (Phi) is 6.59. The Balaban J connectivity index is 1.38. The number of benzene rings is 3. The lowest BCUT2D eigenvalue weighted by Crippen LogP contribution is -2.38. The number of anilines is 1. The van der Waals surface area contributed by atoms with Gasteiger partial charge in [-0.2, -0.15) is 0 Å². The van der Waals surface area contributed by atoms with Gasteiger partial charge in [0.15, 0.2) is 6.61 Å². The maximum atomic E-state index is 12.8. The van der Waals surface area contributed by atoms with Gasteiger partial charge in [-0.1, -0.05) is 42.5 Å². The first kappa shape index (κ1) is 22.8. The standard InChI is InChI=1S/C28H24N2O4S/c1-2-33-28(32)21-10-8-20(9-11-21)16-30-24-15-22(12-13-25(24)34-17-27(30)31)23-18-35-26(29-23)14-19-6-4-3-5-7-19/h3-13,15,18H,2,14,16-17H2,1H3. The Morgan fingerprint density at radius 3 is 2.63 bits per heavy atom. The Labute approximate surface area is 207 Å². The number of hydrogen-bond donors (Lipinski definition) is 0. The zero-order chi connectivity index (χ0) is 24.2. The molecule has 1 aliphatic heterocycles. The van der Waals surface area contributed by atoms with Gasteiger partial charge >= 0.3 is 5.97 Å². The summed E-state index contributed by atoms with van der Waals surface area (Å²) in [7, 11) is 0. The normalized spacial score (nSPS) is 12.7. The zero-order valence-electron chi connectivity index (χ0n) is 19.3. The largest absolute Gasteiger partial charge is 0.482 e.